The Morgan fingerprint density at radius 2 is 2.00 bits per heavy atom. The van der Waals surface area contributed by atoms with Gasteiger partial charge in [-0.15, -0.1) is 0 Å². The monoisotopic (exact) mass is 323 g/mol. The van der Waals surface area contributed by atoms with E-state index in [-0.39, 0.29) is 0 Å². The smallest absolute Gasteiger partial charge is 0.0298 e. The van der Waals surface area contributed by atoms with Gasteiger partial charge in [-0.2, -0.15) is 23.5 Å². The Labute approximate surface area is 139 Å². The first-order valence-electron chi connectivity index (χ1n) is 8.16. The first-order chi connectivity index (χ1) is 10.1. The number of hydrogen-bond acceptors (Lipinski definition) is 3. The zero-order valence-corrected chi connectivity index (χ0v) is 15.4. The fraction of sp³-hybridized carbons (Fsp3) is 0.667. The minimum atomic E-state index is 0.596. The molecule has 2 rings (SSSR count). The van der Waals surface area contributed by atoms with Crippen molar-refractivity contribution < 1.29 is 0 Å². The number of thioether (sulfide) groups is 2. The van der Waals surface area contributed by atoms with Crippen LogP contribution >= 0.6 is 23.5 Å². The molecule has 0 aromatic heterocycles. The van der Waals surface area contributed by atoms with Gasteiger partial charge in [-0.3, -0.25) is 0 Å². The predicted octanol–water partition coefficient (Wildman–Crippen LogP) is 4.53. The van der Waals surface area contributed by atoms with E-state index in [1.165, 1.54) is 23.3 Å². The summed E-state index contributed by atoms with van der Waals surface area (Å²) in [6, 6.07) is 9.44. The van der Waals surface area contributed by atoms with Crippen molar-refractivity contribution in [1.29, 1.82) is 0 Å². The van der Waals surface area contributed by atoms with E-state index < -0.39 is 0 Å². The van der Waals surface area contributed by atoms with E-state index in [0.29, 0.717) is 6.04 Å². The molecule has 0 bridgehead atoms. The van der Waals surface area contributed by atoms with Crippen molar-refractivity contribution in [3.8, 4) is 0 Å². The molecular formula is C18H29NS2. The van der Waals surface area contributed by atoms with Crippen molar-refractivity contribution in [3.05, 3.63) is 35.4 Å². The predicted molar refractivity (Wildman–Crippen MR) is 99.7 cm³/mol. The summed E-state index contributed by atoms with van der Waals surface area (Å²) in [5.74, 6) is 1.28. The Hall–Kier alpha value is -0.120. The van der Waals surface area contributed by atoms with Gasteiger partial charge in [0.1, 0.15) is 0 Å². The summed E-state index contributed by atoms with van der Waals surface area (Å²) in [5.41, 5.74) is 2.93. The van der Waals surface area contributed by atoms with Crippen molar-refractivity contribution in [2.24, 2.45) is 0 Å². The molecule has 1 nitrogen and oxygen atoms in total. The number of aryl methyl sites for hydroxylation is 1. The minimum Gasteiger partial charge on any atom is -0.313 e. The highest BCUT2D eigenvalue weighted by Gasteiger charge is 2.31. The highest BCUT2D eigenvalue weighted by molar-refractivity contribution is 8.07. The molecule has 0 aliphatic carbocycles. The van der Waals surface area contributed by atoms with E-state index in [1.54, 1.807) is 0 Å². The molecule has 1 aliphatic rings. The van der Waals surface area contributed by atoms with Crippen LogP contribution in [0.4, 0.5) is 0 Å². The average Bonchev–Trinajstić information content (AvgIpc) is 2.48. The van der Waals surface area contributed by atoms with Gasteiger partial charge in [-0.1, -0.05) is 45.0 Å². The molecule has 0 spiro atoms. The molecule has 4 unspecified atom stereocenters. The summed E-state index contributed by atoms with van der Waals surface area (Å²) in [4.78, 5) is 0. The van der Waals surface area contributed by atoms with Crippen LogP contribution in [-0.4, -0.2) is 34.1 Å². The number of benzene rings is 1. The van der Waals surface area contributed by atoms with E-state index in [9.17, 15) is 0 Å². The summed E-state index contributed by atoms with van der Waals surface area (Å²) >= 11 is 4.34. The number of hydrogen-bond donors (Lipinski definition) is 1. The molecule has 4 atom stereocenters. The van der Waals surface area contributed by atoms with Gasteiger partial charge in [0.2, 0.25) is 0 Å². The van der Waals surface area contributed by atoms with Crippen LogP contribution in [-0.2, 0) is 6.42 Å². The second-order valence-electron chi connectivity index (χ2n) is 6.11. The van der Waals surface area contributed by atoms with Crippen molar-refractivity contribution in [2.45, 2.75) is 62.3 Å². The Bertz CT molecular complexity index is 435. The van der Waals surface area contributed by atoms with Crippen molar-refractivity contribution in [2.75, 3.05) is 12.3 Å². The molecule has 1 N–H and O–H groups in total. The lowest BCUT2D eigenvalue weighted by atomic mass is 9.99. The zero-order valence-electron chi connectivity index (χ0n) is 13.8. The molecule has 0 radical (unpaired) electrons. The molecular weight excluding hydrogens is 294 g/mol. The van der Waals surface area contributed by atoms with Crippen LogP contribution in [0.5, 0.6) is 0 Å². The third-order valence-corrected chi connectivity index (χ3v) is 7.93. The SMILES string of the molecule is CCCNC(Cc1ccccc1C)C1CSC(C)C(C)S1. The second-order valence-corrected chi connectivity index (χ2v) is 9.14. The molecule has 1 heterocycles. The summed E-state index contributed by atoms with van der Waals surface area (Å²) in [6.45, 7) is 10.4. The summed E-state index contributed by atoms with van der Waals surface area (Å²) in [6.07, 6.45) is 2.37. The molecule has 21 heavy (non-hydrogen) atoms. The third-order valence-electron chi connectivity index (χ3n) is 4.38. The fourth-order valence-electron chi connectivity index (χ4n) is 2.76. The average molecular weight is 324 g/mol. The molecule has 1 aliphatic heterocycles. The Morgan fingerprint density at radius 3 is 2.67 bits per heavy atom. The molecule has 0 saturated carbocycles. The van der Waals surface area contributed by atoms with E-state index >= 15 is 0 Å². The van der Waals surface area contributed by atoms with E-state index in [1.807, 2.05) is 0 Å². The topological polar surface area (TPSA) is 12.0 Å². The van der Waals surface area contributed by atoms with Gasteiger partial charge in [0.15, 0.2) is 0 Å². The third kappa shape index (κ3) is 4.94. The van der Waals surface area contributed by atoms with Crippen LogP contribution in [0.1, 0.15) is 38.3 Å². The normalized spacial score (nSPS) is 27.5. The Balaban J connectivity index is 2.05. The van der Waals surface area contributed by atoms with Crippen LogP contribution < -0.4 is 5.32 Å². The van der Waals surface area contributed by atoms with Crippen molar-refractivity contribution >= 4 is 23.5 Å². The molecule has 1 fully saturated rings. The minimum absolute atomic E-state index is 0.596. The van der Waals surface area contributed by atoms with Crippen LogP contribution in [0.2, 0.25) is 0 Å². The van der Waals surface area contributed by atoms with Crippen molar-refractivity contribution in [1.82, 2.24) is 5.32 Å². The van der Waals surface area contributed by atoms with Crippen LogP contribution in [0, 0.1) is 6.92 Å². The van der Waals surface area contributed by atoms with Gasteiger partial charge in [0, 0.05) is 27.5 Å². The highest BCUT2D eigenvalue weighted by atomic mass is 32.2. The fourth-order valence-corrected chi connectivity index (χ4v) is 5.89. The quantitative estimate of drug-likeness (QED) is 0.826. The van der Waals surface area contributed by atoms with Gasteiger partial charge in [-0.25, -0.2) is 0 Å². The van der Waals surface area contributed by atoms with Crippen LogP contribution in [0.3, 0.4) is 0 Å². The lowest BCUT2D eigenvalue weighted by molar-refractivity contribution is 0.503. The second kappa shape index (κ2) is 8.50. The molecule has 0 amide bonds. The van der Waals surface area contributed by atoms with E-state index in [4.69, 9.17) is 0 Å². The largest absolute Gasteiger partial charge is 0.313 e. The first-order valence-corrected chi connectivity index (χ1v) is 10.2. The highest BCUT2D eigenvalue weighted by Crippen LogP contribution is 2.37. The summed E-state index contributed by atoms with van der Waals surface area (Å²) in [7, 11) is 0. The standard InChI is InChI=1S/C18H29NS2/c1-5-10-19-17(11-16-9-7-6-8-13(16)2)18-12-20-14(3)15(4)21-18/h6-9,14-15,17-19H,5,10-12H2,1-4H3. The Morgan fingerprint density at radius 1 is 1.24 bits per heavy atom. The molecule has 3 heteroatoms. The van der Waals surface area contributed by atoms with Gasteiger partial charge in [0.25, 0.3) is 0 Å². The Kier molecular flexibility index (Phi) is 6.97. The van der Waals surface area contributed by atoms with E-state index in [0.717, 1.165) is 28.7 Å². The zero-order chi connectivity index (χ0) is 15.2. The van der Waals surface area contributed by atoms with Crippen LogP contribution in [0.15, 0.2) is 24.3 Å². The summed E-state index contributed by atoms with van der Waals surface area (Å²) < 4.78 is 0. The van der Waals surface area contributed by atoms with Gasteiger partial charge in [0.05, 0.1) is 0 Å². The molecule has 118 valence electrons. The maximum Gasteiger partial charge on any atom is 0.0298 e. The van der Waals surface area contributed by atoms with Crippen molar-refractivity contribution in [3.63, 3.8) is 0 Å². The molecule has 1 saturated heterocycles. The summed E-state index contributed by atoms with van der Waals surface area (Å²) in [5, 5.41) is 6.09. The lowest BCUT2D eigenvalue weighted by Crippen LogP contribution is -2.45. The van der Waals surface area contributed by atoms with Gasteiger partial charge < -0.3 is 5.32 Å². The molecule has 1 aromatic rings. The maximum absolute atomic E-state index is 3.82. The van der Waals surface area contributed by atoms with Gasteiger partial charge >= 0.3 is 0 Å². The van der Waals surface area contributed by atoms with Gasteiger partial charge in [-0.05, 0) is 37.4 Å². The first kappa shape index (κ1) is 17.2. The number of nitrogens with one attached hydrogen (secondary N) is 1. The molecule has 1 aromatic carbocycles. The maximum atomic E-state index is 3.82. The van der Waals surface area contributed by atoms with Crippen LogP contribution in [0.25, 0.3) is 0 Å². The van der Waals surface area contributed by atoms with E-state index in [2.05, 4.69) is 80.8 Å². The number of rotatable bonds is 6. The lowest BCUT2D eigenvalue weighted by Gasteiger charge is -2.36.